The molecular weight excluding hydrogens is 398 g/mol. The van der Waals surface area contributed by atoms with Crippen LogP contribution in [-0.4, -0.2) is 45.5 Å². The molecule has 2 aromatic rings. The highest BCUT2D eigenvalue weighted by Gasteiger charge is 2.12. The molecule has 1 saturated heterocycles. The first kappa shape index (κ1) is 18.4. The molecule has 1 aliphatic rings. The van der Waals surface area contributed by atoms with Gasteiger partial charge in [0.05, 0.1) is 32.1 Å². The molecule has 0 bridgehead atoms. The molecule has 0 aromatic heterocycles. The number of nitrogens with one attached hydrogen (secondary N) is 1. The maximum absolute atomic E-state index is 12.3. The minimum atomic E-state index is -0.329. The highest BCUT2D eigenvalue weighted by Crippen LogP contribution is 2.22. The van der Waals surface area contributed by atoms with Gasteiger partial charge >= 0.3 is 0 Å². The molecule has 0 spiro atoms. The van der Waals surface area contributed by atoms with Crippen LogP contribution in [0.4, 0.5) is 5.69 Å². The number of hydrogen-bond acceptors (Lipinski definition) is 5. The van der Waals surface area contributed by atoms with Crippen LogP contribution in [0.3, 0.4) is 0 Å². The molecule has 7 heteroatoms. The summed E-state index contributed by atoms with van der Waals surface area (Å²) in [5, 5.41) is 4.04. The highest BCUT2D eigenvalue weighted by molar-refractivity contribution is 9.10. The van der Waals surface area contributed by atoms with E-state index in [1.165, 1.54) is 7.11 Å². The first-order valence-electron chi connectivity index (χ1n) is 8.27. The van der Waals surface area contributed by atoms with E-state index < -0.39 is 0 Å². The van der Waals surface area contributed by atoms with Crippen molar-refractivity contribution in [3.05, 3.63) is 58.1 Å². The Morgan fingerprint density at radius 2 is 1.96 bits per heavy atom. The first-order valence-corrected chi connectivity index (χ1v) is 9.06. The summed E-state index contributed by atoms with van der Waals surface area (Å²) in [5.74, 6) is 0.167. The lowest BCUT2D eigenvalue weighted by Gasteiger charge is -2.28. The number of benzene rings is 2. The van der Waals surface area contributed by atoms with Gasteiger partial charge < -0.3 is 14.4 Å². The second-order valence-electron chi connectivity index (χ2n) is 5.73. The number of ether oxygens (including phenoxy) is 2. The maximum Gasteiger partial charge on any atom is 0.275 e. The fraction of sp³-hybridized carbons (Fsp3) is 0.263. The highest BCUT2D eigenvalue weighted by atomic mass is 79.9. The minimum Gasteiger partial charge on any atom is -0.496 e. The van der Waals surface area contributed by atoms with Gasteiger partial charge in [0, 0.05) is 23.2 Å². The van der Waals surface area contributed by atoms with Crippen molar-refractivity contribution in [3.63, 3.8) is 0 Å². The summed E-state index contributed by atoms with van der Waals surface area (Å²) in [4.78, 5) is 14.6. The van der Waals surface area contributed by atoms with Crippen molar-refractivity contribution >= 4 is 33.7 Å². The Balaban J connectivity index is 1.61. The number of hydrogen-bond donors (Lipinski definition) is 1. The van der Waals surface area contributed by atoms with E-state index in [-0.39, 0.29) is 5.91 Å². The molecule has 0 radical (unpaired) electrons. The van der Waals surface area contributed by atoms with Crippen molar-refractivity contribution in [3.8, 4) is 5.75 Å². The third-order valence-electron chi connectivity index (χ3n) is 4.06. The monoisotopic (exact) mass is 417 g/mol. The van der Waals surface area contributed by atoms with Crippen LogP contribution in [0.25, 0.3) is 0 Å². The Kier molecular flexibility index (Phi) is 6.25. The largest absolute Gasteiger partial charge is 0.496 e. The molecule has 0 unspecified atom stereocenters. The summed E-state index contributed by atoms with van der Waals surface area (Å²) in [6.45, 7) is 3.32. The van der Waals surface area contributed by atoms with Gasteiger partial charge in [0.15, 0.2) is 0 Å². The Morgan fingerprint density at radius 1 is 1.23 bits per heavy atom. The van der Waals surface area contributed by atoms with Crippen LogP contribution in [0.5, 0.6) is 5.75 Å². The number of morpholine rings is 1. The van der Waals surface area contributed by atoms with Crippen LogP contribution in [0.1, 0.15) is 15.9 Å². The molecule has 1 heterocycles. The molecule has 1 N–H and O–H groups in total. The van der Waals surface area contributed by atoms with Gasteiger partial charge in [-0.05, 0) is 35.9 Å². The average molecular weight is 418 g/mol. The van der Waals surface area contributed by atoms with Crippen LogP contribution in [-0.2, 0) is 4.74 Å². The molecule has 1 fully saturated rings. The number of amides is 1. The van der Waals surface area contributed by atoms with Crippen molar-refractivity contribution in [2.75, 3.05) is 38.3 Å². The van der Waals surface area contributed by atoms with Gasteiger partial charge in [-0.25, -0.2) is 5.43 Å². The Labute approximate surface area is 160 Å². The van der Waals surface area contributed by atoms with Gasteiger partial charge in [-0.3, -0.25) is 4.79 Å². The van der Waals surface area contributed by atoms with Gasteiger partial charge in [0.25, 0.3) is 5.91 Å². The predicted molar refractivity (Wildman–Crippen MR) is 105 cm³/mol. The van der Waals surface area contributed by atoms with Crippen molar-refractivity contribution in [1.82, 2.24) is 5.43 Å². The zero-order valence-corrected chi connectivity index (χ0v) is 16.0. The van der Waals surface area contributed by atoms with Crippen LogP contribution < -0.4 is 15.1 Å². The van der Waals surface area contributed by atoms with Crippen molar-refractivity contribution < 1.29 is 14.3 Å². The zero-order valence-electron chi connectivity index (χ0n) is 14.4. The van der Waals surface area contributed by atoms with E-state index in [2.05, 4.69) is 31.4 Å². The van der Waals surface area contributed by atoms with Gasteiger partial charge in [-0.15, -0.1) is 0 Å². The number of nitrogens with zero attached hydrogens (tertiary/aromatic N) is 2. The van der Waals surface area contributed by atoms with Gasteiger partial charge in [0.1, 0.15) is 5.75 Å². The van der Waals surface area contributed by atoms with Crippen LogP contribution >= 0.6 is 15.9 Å². The van der Waals surface area contributed by atoms with Crippen LogP contribution in [0, 0.1) is 0 Å². The van der Waals surface area contributed by atoms with Gasteiger partial charge in [0.2, 0.25) is 0 Å². The number of rotatable bonds is 5. The number of halogens is 1. The van der Waals surface area contributed by atoms with E-state index in [9.17, 15) is 4.79 Å². The lowest BCUT2D eigenvalue weighted by atomic mass is 10.2. The predicted octanol–water partition coefficient (Wildman–Crippen LogP) is 3.06. The van der Waals surface area contributed by atoms with Crippen LogP contribution in [0.15, 0.2) is 52.0 Å². The van der Waals surface area contributed by atoms with Gasteiger partial charge in [-0.2, -0.15) is 5.10 Å². The number of hydrazone groups is 1. The minimum absolute atomic E-state index is 0.329. The van der Waals surface area contributed by atoms with Crippen molar-refractivity contribution in [2.45, 2.75) is 0 Å². The fourth-order valence-electron chi connectivity index (χ4n) is 2.68. The Morgan fingerprint density at radius 3 is 2.65 bits per heavy atom. The Hall–Kier alpha value is -2.38. The average Bonchev–Trinajstić information content (AvgIpc) is 2.69. The van der Waals surface area contributed by atoms with Crippen LogP contribution in [0.2, 0.25) is 0 Å². The second kappa shape index (κ2) is 8.82. The smallest absolute Gasteiger partial charge is 0.275 e. The molecule has 0 saturated carbocycles. The molecule has 0 atom stereocenters. The SMILES string of the molecule is COc1ccc(Br)cc1C(=O)N/N=C\c1ccc(N2CCOCC2)cc1. The third kappa shape index (κ3) is 4.62. The second-order valence-corrected chi connectivity index (χ2v) is 6.65. The van der Waals surface area contributed by atoms with Gasteiger partial charge in [-0.1, -0.05) is 28.1 Å². The standard InChI is InChI=1S/C19H20BrN3O3/c1-25-18-7-4-15(20)12-17(18)19(24)22-21-13-14-2-5-16(6-3-14)23-8-10-26-11-9-23/h2-7,12-13H,8-11H2,1H3,(H,22,24)/b21-13-. The summed E-state index contributed by atoms with van der Waals surface area (Å²) in [6, 6.07) is 13.3. The molecule has 2 aromatic carbocycles. The lowest BCUT2D eigenvalue weighted by molar-refractivity contribution is 0.0952. The van der Waals surface area contributed by atoms with E-state index in [0.29, 0.717) is 11.3 Å². The molecule has 1 aliphatic heterocycles. The molecule has 3 rings (SSSR count). The van der Waals surface area contributed by atoms with E-state index in [1.54, 1.807) is 18.3 Å². The fourth-order valence-corrected chi connectivity index (χ4v) is 3.04. The van der Waals surface area contributed by atoms with Crippen molar-refractivity contribution in [2.24, 2.45) is 5.10 Å². The summed E-state index contributed by atoms with van der Waals surface area (Å²) in [5.41, 5.74) is 5.01. The summed E-state index contributed by atoms with van der Waals surface area (Å²) in [6.07, 6.45) is 1.62. The molecule has 1 amide bonds. The third-order valence-corrected chi connectivity index (χ3v) is 4.55. The quantitative estimate of drug-likeness (QED) is 0.599. The Bertz CT molecular complexity index is 787. The number of methoxy groups -OCH3 is 1. The summed E-state index contributed by atoms with van der Waals surface area (Å²) in [7, 11) is 1.53. The zero-order chi connectivity index (χ0) is 18.4. The number of carbonyl (C=O) groups is 1. The van der Waals surface area contributed by atoms with E-state index in [0.717, 1.165) is 42.0 Å². The summed E-state index contributed by atoms with van der Waals surface area (Å²) >= 11 is 3.35. The normalized spacial score (nSPS) is 14.5. The lowest BCUT2D eigenvalue weighted by Crippen LogP contribution is -2.36. The molecule has 6 nitrogen and oxygen atoms in total. The topological polar surface area (TPSA) is 63.2 Å². The maximum atomic E-state index is 12.3. The van der Waals surface area contributed by atoms with Crippen molar-refractivity contribution in [1.29, 1.82) is 0 Å². The first-order chi connectivity index (χ1) is 12.7. The molecule has 0 aliphatic carbocycles. The van der Waals surface area contributed by atoms with E-state index in [1.807, 2.05) is 30.3 Å². The number of anilines is 1. The molecular formula is C19H20BrN3O3. The number of carbonyl (C=O) groups excluding carboxylic acids is 1. The van der Waals surface area contributed by atoms with E-state index in [4.69, 9.17) is 9.47 Å². The molecule has 26 heavy (non-hydrogen) atoms. The summed E-state index contributed by atoms with van der Waals surface area (Å²) < 4.78 is 11.4. The van der Waals surface area contributed by atoms with E-state index >= 15 is 0 Å². The molecule has 136 valence electrons.